The van der Waals surface area contributed by atoms with Gasteiger partial charge < -0.3 is 9.80 Å². The summed E-state index contributed by atoms with van der Waals surface area (Å²) in [7, 11) is 0. The molecule has 1 saturated heterocycles. The van der Waals surface area contributed by atoms with Gasteiger partial charge in [0, 0.05) is 12.2 Å². The smallest absolute Gasteiger partial charge is 0.231 e. The van der Waals surface area contributed by atoms with Crippen molar-refractivity contribution in [2.24, 2.45) is 0 Å². The third-order valence-corrected chi connectivity index (χ3v) is 6.00. The van der Waals surface area contributed by atoms with Crippen LogP contribution in [0.2, 0.25) is 10.0 Å². The SMILES string of the molecule is O=C(Cc1ccc(Cl)c(Cl)c1)N(CCCN1CCCCCC1)c1ccccc1. The first-order valence-corrected chi connectivity index (χ1v) is 10.9. The molecular formula is C23H28Cl2N2O. The van der Waals surface area contributed by atoms with Gasteiger partial charge >= 0.3 is 0 Å². The molecular weight excluding hydrogens is 391 g/mol. The Hall–Kier alpha value is -1.55. The minimum atomic E-state index is 0.0838. The number of para-hydroxylation sites is 1. The fraction of sp³-hybridized carbons (Fsp3) is 0.435. The highest BCUT2D eigenvalue weighted by molar-refractivity contribution is 6.42. The van der Waals surface area contributed by atoms with Crippen LogP contribution in [0.25, 0.3) is 0 Å². The maximum atomic E-state index is 13.1. The van der Waals surface area contributed by atoms with Crippen LogP contribution in [0, 0.1) is 0 Å². The summed E-state index contributed by atoms with van der Waals surface area (Å²) >= 11 is 12.1. The first-order valence-electron chi connectivity index (χ1n) is 10.2. The van der Waals surface area contributed by atoms with Crippen LogP contribution < -0.4 is 4.90 Å². The second-order valence-corrected chi connectivity index (χ2v) is 8.23. The molecule has 0 saturated carbocycles. The molecule has 1 aliphatic heterocycles. The van der Waals surface area contributed by atoms with Crippen LogP contribution >= 0.6 is 23.2 Å². The summed E-state index contributed by atoms with van der Waals surface area (Å²) in [6.45, 7) is 4.13. The average molecular weight is 419 g/mol. The monoisotopic (exact) mass is 418 g/mol. The first-order chi connectivity index (χ1) is 13.6. The van der Waals surface area contributed by atoms with Crippen LogP contribution in [0.5, 0.6) is 0 Å². The highest BCUT2D eigenvalue weighted by Gasteiger charge is 2.17. The Balaban J connectivity index is 1.64. The second-order valence-electron chi connectivity index (χ2n) is 7.42. The van der Waals surface area contributed by atoms with Gasteiger partial charge in [-0.15, -0.1) is 0 Å². The van der Waals surface area contributed by atoms with E-state index in [2.05, 4.69) is 4.90 Å². The lowest BCUT2D eigenvalue weighted by molar-refractivity contribution is -0.118. The van der Waals surface area contributed by atoms with E-state index in [1.807, 2.05) is 41.3 Å². The number of halogens is 2. The predicted molar refractivity (Wildman–Crippen MR) is 118 cm³/mol. The molecule has 1 amide bonds. The summed E-state index contributed by atoms with van der Waals surface area (Å²) < 4.78 is 0. The lowest BCUT2D eigenvalue weighted by Crippen LogP contribution is -2.35. The van der Waals surface area contributed by atoms with Gasteiger partial charge in [0.25, 0.3) is 0 Å². The molecule has 0 spiro atoms. The van der Waals surface area contributed by atoms with Crippen LogP contribution in [0.3, 0.4) is 0 Å². The topological polar surface area (TPSA) is 23.6 Å². The van der Waals surface area contributed by atoms with Gasteiger partial charge in [-0.3, -0.25) is 4.79 Å². The van der Waals surface area contributed by atoms with E-state index in [4.69, 9.17) is 23.2 Å². The third-order valence-electron chi connectivity index (χ3n) is 5.26. The Labute approximate surface area is 178 Å². The lowest BCUT2D eigenvalue weighted by atomic mass is 10.1. The van der Waals surface area contributed by atoms with Crippen molar-refractivity contribution in [2.45, 2.75) is 38.5 Å². The molecule has 0 aromatic heterocycles. The van der Waals surface area contributed by atoms with Crippen LogP contribution in [0.4, 0.5) is 5.69 Å². The molecule has 0 N–H and O–H groups in total. The number of hydrogen-bond acceptors (Lipinski definition) is 2. The number of nitrogens with zero attached hydrogens (tertiary/aromatic N) is 2. The van der Waals surface area contributed by atoms with Crippen LogP contribution in [0.15, 0.2) is 48.5 Å². The Morgan fingerprint density at radius 3 is 2.32 bits per heavy atom. The van der Waals surface area contributed by atoms with Gasteiger partial charge in [-0.2, -0.15) is 0 Å². The number of carbonyl (C=O) groups excluding carboxylic acids is 1. The van der Waals surface area contributed by atoms with Gasteiger partial charge in [0.15, 0.2) is 0 Å². The zero-order chi connectivity index (χ0) is 19.8. The van der Waals surface area contributed by atoms with E-state index in [9.17, 15) is 4.79 Å². The number of benzene rings is 2. The van der Waals surface area contributed by atoms with Gasteiger partial charge in [0.05, 0.1) is 16.5 Å². The maximum Gasteiger partial charge on any atom is 0.231 e. The van der Waals surface area contributed by atoms with Gasteiger partial charge in [-0.25, -0.2) is 0 Å². The summed E-state index contributed by atoms with van der Waals surface area (Å²) in [5.41, 5.74) is 1.83. The van der Waals surface area contributed by atoms with Crippen molar-refractivity contribution in [1.29, 1.82) is 0 Å². The largest absolute Gasteiger partial charge is 0.312 e. The molecule has 0 aliphatic carbocycles. The Morgan fingerprint density at radius 1 is 0.929 bits per heavy atom. The molecule has 0 radical (unpaired) electrons. The molecule has 0 unspecified atom stereocenters. The molecule has 5 heteroatoms. The van der Waals surface area contributed by atoms with Crippen molar-refractivity contribution < 1.29 is 4.79 Å². The molecule has 1 heterocycles. The van der Waals surface area contributed by atoms with E-state index in [0.29, 0.717) is 16.5 Å². The summed E-state index contributed by atoms with van der Waals surface area (Å²) in [6, 6.07) is 15.3. The Bertz CT molecular complexity index is 758. The van der Waals surface area contributed by atoms with Gasteiger partial charge in [-0.05, 0) is 68.7 Å². The molecule has 1 fully saturated rings. The second kappa shape index (κ2) is 10.8. The molecule has 1 aliphatic rings. The predicted octanol–water partition coefficient (Wildman–Crippen LogP) is 5.84. The van der Waals surface area contributed by atoms with E-state index in [1.165, 1.54) is 38.8 Å². The molecule has 0 bridgehead atoms. The summed E-state index contributed by atoms with van der Waals surface area (Å²) in [4.78, 5) is 17.5. The van der Waals surface area contributed by atoms with Gasteiger partial charge in [0.1, 0.15) is 0 Å². The molecule has 3 rings (SSSR count). The quantitative estimate of drug-likeness (QED) is 0.563. The van der Waals surface area contributed by atoms with Crippen molar-refractivity contribution in [1.82, 2.24) is 4.90 Å². The number of carbonyl (C=O) groups is 1. The van der Waals surface area contributed by atoms with Crippen molar-refractivity contribution in [3.8, 4) is 0 Å². The summed E-state index contributed by atoms with van der Waals surface area (Å²) in [6.07, 6.45) is 6.55. The van der Waals surface area contributed by atoms with Crippen LogP contribution in [-0.2, 0) is 11.2 Å². The minimum Gasteiger partial charge on any atom is -0.312 e. The summed E-state index contributed by atoms with van der Waals surface area (Å²) in [5, 5.41) is 0.995. The van der Waals surface area contributed by atoms with Crippen molar-refractivity contribution in [3.05, 3.63) is 64.1 Å². The average Bonchev–Trinajstić information content (AvgIpc) is 2.97. The molecule has 150 valence electrons. The molecule has 2 aromatic carbocycles. The normalized spacial score (nSPS) is 15.2. The zero-order valence-corrected chi connectivity index (χ0v) is 17.8. The van der Waals surface area contributed by atoms with E-state index in [-0.39, 0.29) is 5.91 Å². The van der Waals surface area contributed by atoms with E-state index in [1.54, 1.807) is 12.1 Å². The number of hydrogen-bond donors (Lipinski definition) is 0. The number of likely N-dealkylation sites (tertiary alicyclic amines) is 1. The highest BCUT2D eigenvalue weighted by atomic mass is 35.5. The Kier molecular flexibility index (Phi) is 8.20. The number of anilines is 1. The third kappa shape index (κ3) is 6.23. The van der Waals surface area contributed by atoms with Crippen molar-refractivity contribution in [3.63, 3.8) is 0 Å². The van der Waals surface area contributed by atoms with Crippen molar-refractivity contribution in [2.75, 3.05) is 31.1 Å². The van der Waals surface area contributed by atoms with E-state index < -0.39 is 0 Å². The van der Waals surface area contributed by atoms with Crippen LogP contribution in [-0.4, -0.2) is 37.0 Å². The molecule has 28 heavy (non-hydrogen) atoms. The van der Waals surface area contributed by atoms with Crippen molar-refractivity contribution >= 4 is 34.8 Å². The first kappa shape index (κ1) is 21.2. The number of amides is 1. The molecule has 2 aromatic rings. The van der Waals surface area contributed by atoms with E-state index in [0.717, 1.165) is 30.8 Å². The molecule has 3 nitrogen and oxygen atoms in total. The fourth-order valence-electron chi connectivity index (χ4n) is 3.74. The van der Waals surface area contributed by atoms with Crippen LogP contribution in [0.1, 0.15) is 37.7 Å². The van der Waals surface area contributed by atoms with E-state index >= 15 is 0 Å². The summed E-state index contributed by atoms with van der Waals surface area (Å²) in [5.74, 6) is 0.0838. The fourth-order valence-corrected chi connectivity index (χ4v) is 4.06. The lowest BCUT2D eigenvalue weighted by Gasteiger charge is -2.25. The van der Waals surface area contributed by atoms with Gasteiger partial charge in [-0.1, -0.05) is 60.3 Å². The highest BCUT2D eigenvalue weighted by Crippen LogP contribution is 2.24. The Morgan fingerprint density at radius 2 is 1.64 bits per heavy atom. The zero-order valence-electron chi connectivity index (χ0n) is 16.2. The maximum absolute atomic E-state index is 13.1. The number of rotatable bonds is 7. The minimum absolute atomic E-state index is 0.0838. The standard InChI is InChI=1S/C23H28Cl2N2O/c24-21-12-11-19(17-22(21)25)18-23(28)27(20-9-4-3-5-10-20)16-8-15-26-13-6-1-2-7-14-26/h3-5,9-12,17H,1-2,6-8,13-16,18H2. The molecule has 0 atom stereocenters. The van der Waals surface area contributed by atoms with Gasteiger partial charge in [0.2, 0.25) is 5.91 Å².